The van der Waals surface area contributed by atoms with Gasteiger partial charge in [0.25, 0.3) is 0 Å². The van der Waals surface area contributed by atoms with Gasteiger partial charge in [-0.05, 0) is 43.7 Å². The van der Waals surface area contributed by atoms with E-state index >= 15 is 0 Å². The summed E-state index contributed by atoms with van der Waals surface area (Å²) in [5.74, 6) is 0. The van der Waals surface area contributed by atoms with E-state index in [2.05, 4.69) is 54.5 Å². The molecular weight excluding hydrogens is 256 g/mol. The molecule has 21 heavy (non-hydrogen) atoms. The number of nitrogens with zero attached hydrogens (tertiary/aromatic N) is 1. The quantitative estimate of drug-likeness (QED) is 0.897. The maximum atomic E-state index is 4.06. The van der Waals surface area contributed by atoms with Gasteiger partial charge in [-0.1, -0.05) is 50.1 Å². The van der Waals surface area contributed by atoms with Gasteiger partial charge in [0.2, 0.25) is 0 Å². The highest BCUT2D eigenvalue weighted by atomic mass is 15.3. The summed E-state index contributed by atoms with van der Waals surface area (Å²) in [6, 6.07) is 13.9. The van der Waals surface area contributed by atoms with Crippen LogP contribution in [-0.4, -0.2) is 36.1 Å². The minimum absolute atomic E-state index is 0.503. The Balaban J connectivity index is 1.61. The van der Waals surface area contributed by atoms with E-state index in [0.29, 0.717) is 11.5 Å². The Hall–Kier alpha value is -0.860. The molecule has 0 unspecified atom stereocenters. The fraction of sp³-hybridized carbons (Fsp3) is 0.684. The van der Waals surface area contributed by atoms with Gasteiger partial charge in [-0.25, -0.2) is 0 Å². The van der Waals surface area contributed by atoms with Gasteiger partial charge in [0, 0.05) is 24.2 Å². The Morgan fingerprint density at radius 1 is 1.19 bits per heavy atom. The molecule has 0 amide bonds. The van der Waals surface area contributed by atoms with Gasteiger partial charge < -0.3 is 5.32 Å². The van der Waals surface area contributed by atoms with Crippen LogP contribution >= 0.6 is 0 Å². The number of piperidine rings is 1. The highest BCUT2D eigenvalue weighted by Gasteiger charge is 2.57. The van der Waals surface area contributed by atoms with Crippen molar-refractivity contribution in [1.29, 1.82) is 0 Å². The molecule has 114 valence electrons. The predicted octanol–water partition coefficient (Wildman–Crippen LogP) is 3.22. The molecule has 3 aliphatic rings. The molecule has 2 bridgehead atoms. The van der Waals surface area contributed by atoms with Gasteiger partial charge in [-0.3, -0.25) is 4.90 Å². The number of hydrogen-bond donors (Lipinski definition) is 1. The molecule has 2 nitrogen and oxygen atoms in total. The van der Waals surface area contributed by atoms with E-state index in [1.807, 2.05) is 0 Å². The van der Waals surface area contributed by atoms with Crippen molar-refractivity contribution >= 4 is 0 Å². The van der Waals surface area contributed by atoms with Crippen LogP contribution in [0.2, 0.25) is 0 Å². The topological polar surface area (TPSA) is 15.3 Å². The highest BCUT2D eigenvalue weighted by molar-refractivity contribution is 5.20. The predicted molar refractivity (Wildman–Crippen MR) is 87.4 cm³/mol. The van der Waals surface area contributed by atoms with Gasteiger partial charge in [-0.15, -0.1) is 0 Å². The summed E-state index contributed by atoms with van der Waals surface area (Å²) >= 11 is 0. The number of nitrogens with one attached hydrogen (secondary N) is 1. The third-order valence-electron chi connectivity index (χ3n) is 6.62. The van der Waals surface area contributed by atoms with Crippen LogP contribution in [0.3, 0.4) is 0 Å². The van der Waals surface area contributed by atoms with Crippen molar-refractivity contribution in [3.63, 3.8) is 0 Å². The molecule has 0 spiro atoms. The maximum absolute atomic E-state index is 4.06. The number of benzene rings is 1. The minimum Gasteiger partial charge on any atom is -0.309 e. The third kappa shape index (κ3) is 2.15. The summed E-state index contributed by atoms with van der Waals surface area (Å²) in [5, 5.41) is 4.06. The largest absolute Gasteiger partial charge is 0.309 e. The van der Waals surface area contributed by atoms with Crippen LogP contribution in [0.5, 0.6) is 0 Å². The summed E-state index contributed by atoms with van der Waals surface area (Å²) < 4.78 is 0. The summed E-state index contributed by atoms with van der Waals surface area (Å²) in [6.07, 6.45) is 8.16. The van der Waals surface area contributed by atoms with Crippen LogP contribution in [-0.2, 0) is 6.42 Å². The Bertz CT molecular complexity index is 500. The zero-order valence-electron chi connectivity index (χ0n) is 13.4. The number of fused-ring (bicyclic) bond motifs is 1. The second-order valence-electron chi connectivity index (χ2n) is 7.76. The van der Waals surface area contributed by atoms with Crippen LogP contribution in [0, 0.1) is 5.41 Å². The van der Waals surface area contributed by atoms with Crippen molar-refractivity contribution in [2.24, 2.45) is 5.41 Å². The van der Waals surface area contributed by atoms with Crippen LogP contribution in [0.4, 0.5) is 0 Å². The fourth-order valence-corrected chi connectivity index (χ4v) is 5.48. The number of likely N-dealkylation sites (N-methyl/N-ethyl adjacent to an activating group) is 1. The summed E-state index contributed by atoms with van der Waals surface area (Å²) in [4.78, 5) is 2.73. The van der Waals surface area contributed by atoms with Crippen molar-refractivity contribution in [1.82, 2.24) is 10.2 Å². The number of likely N-dealkylation sites (tertiary alicyclic amines) is 1. The molecule has 1 aromatic carbocycles. The molecule has 0 aromatic heterocycles. The Morgan fingerprint density at radius 2 is 1.95 bits per heavy atom. The lowest BCUT2D eigenvalue weighted by Crippen LogP contribution is -2.57. The molecule has 5 atom stereocenters. The van der Waals surface area contributed by atoms with Gasteiger partial charge >= 0.3 is 0 Å². The average molecular weight is 284 g/mol. The molecule has 0 radical (unpaired) electrons. The smallest absolute Gasteiger partial charge is 0.0266 e. The molecular formula is C19H28N2. The van der Waals surface area contributed by atoms with Crippen molar-refractivity contribution in [2.75, 3.05) is 7.05 Å². The minimum atomic E-state index is 0.503. The van der Waals surface area contributed by atoms with Crippen molar-refractivity contribution in [2.45, 2.75) is 69.6 Å². The molecule has 2 heteroatoms. The van der Waals surface area contributed by atoms with Gasteiger partial charge in [-0.2, -0.15) is 0 Å². The van der Waals surface area contributed by atoms with E-state index in [-0.39, 0.29) is 0 Å². The third-order valence-corrected chi connectivity index (χ3v) is 6.62. The first kappa shape index (κ1) is 13.8. The standard InChI is InChI=1S/C19H28N2/c1-19-13-16-15(12-14-8-4-3-5-9-14)20-17(19)10-6-7-11-18(19)21(16)2/h3-5,8-9,15-18,20H,6-7,10-13H2,1-2H3/t15-,16-,17+,18-,19+/m0/s1. The van der Waals surface area contributed by atoms with E-state index < -0.39 is 0 Å². The first-order valence-corrected chi connectivity index (χ1v) is 8.70. The molecule has 3 fully saturated rings. The maximum Gasteiger partial charge on any atom is 0.0266 e. The molecule has 2 heterocycles. The summed E-state index contributed by atoms with van der Waals surface area (Å²) in [5.41, 5.74) is 1.98. The Labute approximate surface area is 128 Å². The Morgan fingerprint density at radius 3 is 2.76 bits per heavy atom. The zero-order chi connectivity index (χ0) is 14.4. The van der Waals surface area contributed by atoms with E-state index in [1.165, 1.54) is 44.1 Å². The normalized spacial score (nSPS) is 42.8. The lowest BCUT2D eigenvalue weighted by molar-refractivity contribution is 0.142. The first-order chi connectivity index (χ1) is 10.2. The van der Waals surface area contributed by atoms with Gasteiger partial charge in [0.1, 0.15) is 0 Å². The van der Waals surface area contributed by atoms with E-state index in [4.69, 9.17) is 0 Å². The van der Waals surface area contributed by atoms with Gasteiger partial charge in [0.05, 0.1) is 0 Å². The lowest BCUT2D eigenvalue weighted by Gasteiger charge is -2.43. The van der Waals surface area contributed by atoms with Crippen molar-refractivity contribution in [3.8, 4) is 0 Å². The monoisotopic (exact) mass is 284 g/mol. The van der Waals surface area contributed by atoms with E-state index in [0.717, 1.165) is 18.1 Å². The molecule has 2 aliphatic heterocycles. The van der Waals surface area contributed by atoms with E-state index in [9.17, 15) is 0 Å². The van der Waals surface area contributed by atoms with Crippen LogP contribution in [0.25, 0.3) is 0 Å². The van der Waals surface area contributed by atoms with Crippen molar-refractivity contribution < 1.29 is 0 Å². The number of hydrogen-bond acceptors (Lipinski definition) is 2. The Kier molecular flexibility index (Phi) is 3.35. The molecule has 2 saturated heterocycles. The number of rotatable bonds is 2. The van der Waals surface area contributed by atoms with Crippen LogP contribution in [0.1, 0.15) is 44.6 Å². The summed E-state index contributed by atoms with van der Waals surface area (Å²) in [7, 11) is 2.38. The summed E-state index contributed by atoms with van der Waals surface area (Å²) in [6.45, 7) is 2.55. The molecule has 1 saturated carbocycles. The average Bonchev–Trinajstić information content (AvgIpc) is 2.61. The zero-order valence-corrected chi connectivity index (χ0v) is 13.4. The molecule has 4 rings (SSSR count). The van der Waals surface area contributed by atoms with Crippen LogP contribution in [0.15, 0.2) is 30.3 Å². The van der Waals surface area contributed by atoms with Crippen molar-refractivity contribution in [3.05, 3.63) is 35.9 Å². The second kappa shape index (κ2) is 5.10. The van der Waals surface area contributed by atoms with Gasteiger partial charge in [0.15, 0.2) is 0 Å². The van der Waals surface area contributed by atoms with E-state index in [1.54, 1.807) is 0 Å². The lowest BCUT2D eigenvalue weighted by atomic mass is 9.70. The SMILES string of the molecule is CN1[C@H]2CCCC[C@H]3N[C@@H](Cc4ccccc4)[C@@H]1C[C@@]23C. The molecule has 1 aromatic rings. The molecule has 1 N–H and O–H groups in total. The highest BCUT2D eigenvalue weighted by Crippen LogP contribution is 2.51. The molecule has 1 aliphatic carbocycles. The second-order valence-corrected chi connectivity index (χ2v) is 7.76. The van der Waals surface area contributed by atoms with Crippen LogP contribution < -0.4 is 5.32 Å². The first-order valence-electron chi connectivity index (χ1n) is 8.70. The fourth-order valence-electron chi connectivity index (χ4n) is 5.48.